The van der Waals surface area contributed by atoms with Crippen LogP contribution in [0.2, 0.25) is 0 Å². The number of aliphatic hydroxyl groups is 3. The lowest BCUT2D eigenvalue weighted by atomic mass is 9.99. The van der Waals surface area contributed by atoms with Crippen molar-refractivity contribution in [2.75, 3.05) is 6.61 Å². The molecule has 1 heterocycles. The summed E-state index contributed by atoms with van der Waals surface area (Å²) < 4.78 is 25.3. The van der Waals surface area contributed by atoms with Crippen LogP contribution in [0.25, 0.3) is 0 Å². The fourth-order valence-electron chi connectivity index (χ4n) is 2.15. The van der Waals surface area contributed by atoms with Crippen LogP contribution in [0.3, 0.4) is 0 Å². The Labute approximate surface area is 140 Å². The Morgan fingerprint density at radius 1 is 1.16 bits per heavy atom. The van der Waals surface area contributed by atoms with Gasteiger partial charge in [-0.05, 0) is 6.07 Å². The minimum atomic E-state index is -4.87. The Morgan fingerprint density at radius 3 is 2.40 bits per heavy atom. The Hall–Kier alpha value is -1.63. The lowest BCUT2D eigenvalue weighted by molar-refractivity contribution is -0.387. The Morgan fingerprint density at radius 2 is 1.80 bits per heavy atom. The van der Waals surface area contributed by atoms with Crippen molar-refractivity contribution in [3.05, 3.63) is 34.4 Å². The first-order valence-electron chi connectivity index (χ1n) is 6.90. The number of hydrogen-bond acceptors (Lipinski definition) is 9. The van der Waals surface area contributed by atoms with Gasteiger partial charge < -0.3 is 34.6 Å². The second kappa shape index (κ2) is 7.72. The molecule has 2 rings (SSSR count). The van der Waals surface area contributed by atoms with Crippen LogP contribution in [-0.2, 0) is 13.8 Å². The van der Waals surface area contributed by atoms with Crippen molar-refractivity contribution in [2.45, 2.75) is 30.7 Å². The van der Waals surface area contributed by atoms with Crippen LogP contribution < -0.4 is 4.74 Å². The number of nitrogens with zero attached hydrogens (tertiary/aromatic N) is 1. The standard InChI is InChI=1S/C12H16NO11P/c14-9-8(5-22-25(19,20)21)24-12(11(16)10(9)15)23-7-4-2-1-3-6(7)13(17)18/h1-4,8-12,14-16H,5H2,(H2,19,20,21)/t8-,9+,10+,11-,12+/m1/s1. The molecule has 0 amide bonds. The van der Waals surface area contributed by atoms with E-state index in [1.54, 1.807) is 0 Å². The van der Waals surface area contributed by atoms with Crippen LogP contribution >= 0.6 is 7.82 Å². The van der Waals surface area contributed by atoms with Crippen LogP contribution in [0, 0.1) is 10.1 Å². The predicted octanol–water partition coefficient (Wildman–Crippen LogP) is -1.11. The van der Waals surface area contributed by atoms with Crippen molar-refractivity contribution in [1.82, 2.24) is 0 Å². The summed E-state index contributed by atoms with van der Waals surface area (Å²) in [5.74, 6) is -0.269. The van der Waals surface area contributed by atoms with E-state index in [1.165, 1.54) is 18.2 Å². The number of nitro groups is 1. The molecule has 1 aliphatic heterocycles. The number of benzene rings is 1. The zero-order valence-corrected chi connectivity index (χ0v) is 13.4. The van der Waals surface area contributed by atoms with Gasteiger partial charge in [0.05, 0.1) is 11.5 Å². The number of rotatable bonds is 6. The summed E-state index contributed by atoms with van der Waals surface area (Å²) in [6.45, 7) is -0.814. The number of phosphoric ester groups is 1. The fourth-order valence-corrected chi connectivity index (χ4v) is 2.50. The van der Waals surface area contributed by atoms with Crippen molar-refractivity contribution >= 4 is 13.5 Å². The van der Waals surface area contributed by atoms with Gasteiger partial charge in [0.1, 0.15) is 24.4 Å². The van der Waals surface area contributed by atoms with E-state index >= 15 is 0 Å². The van der Waals surface area contributed by atoms with Crippen molar-refractivity contribution in [3.8, 4) is 5.75 Å². The maximum absolute atomic E-state index is 11.0. The van der Waals surface area contributed by atoms with Gasteiger partial charge in [-0.3, -0.25) is 14.6 Å². The molecule has 0 saturated carbocycles. The monoisotopic (exact) mass is 381 g/mol. The van der Waals surface area contributed by atoms with E-state index in [4.69, 9.17) is 19.3 Å². The first-order chi connectivity index (χ1) is 11.6. The smallest absolute Gasteiger partial charge is 0.455 e. The van der Waals surface area contributed by atoms with Crippen molar-refractivity contribution in [1.29, 1.82) is 0 Å². The van der Waals surface area contributed by atoms with Crippen LogP contribution in [0.4, 0.5) is 5.69 Å². The fraction of sp³-hybridized carbons (Fsp3) is 0.500. The maximum atomic E-state index is 11.0. The number of ether oxygens (including phenoxy) is 2. The van der Waals surface area contributed by atoms with E-state index < -0.39 is 55.7 Å². The highest BCUT2D eigenvalue weighted by molar-refractivity contribution is 7.46. The molecule has 1 aromatic rings. The molecular weight excluding hydrogens is 365 g/mol. The number of aliphatic hydroxyl groups excluding tert-OH is 3. The number of hydrogen-bond donors (Lipinski definition) is 5. The largest absolute Gasteiger partial charge is 0.469 e. The van der Waals surface area contributed by atoms with E-state index in [-0.39, 0.29) is 5.75 Å². The molecule has 0 radical (unpaired) electrons. The molecule has 1 saturated heterocycles. The summed E-state index contributed by atoms with van der Waals surface area (Å²) in [5.41, 5.74) is -0.429. The average molecular weight is 381 g/mol. The molecule has 0 aromatic heterocycles. The molecular formula is C12H16NO11P. The van der Waals surface area contributed by atoms with Gasteiger partial charge in [-0.2, -0.15) is 0 Å². The predicted molar refractivity (Wildman–Crippen MR) is 78.4 cm³/mol. The minimum Gasteiger partial charge on any atom is -0.455 e. The van der Waals surface area contributed by atoms with Gasteiger partial charge in [-0.1, -0.05) is 12.1 Å². The Balaban J connectivity index is 2.16. The maximum Gasteiger partial charge on any atom is 0.469 e. The molecule has 0 aliphatic carbocycles. The SMILES string of the molecule is O=[N+]([O-])c1ccccc1O[C@H]1O[C@H](COP(=O)(O)O)[C@H](O)[C@H](O)[C@H]1O. The summed E-state index contributed by atoms with van der Waals surface area (Å²) in [4.78, 5) is 27.6. The Kier molecular flexibility index (Phi) is 6.08. The quantitative estimate of drug-likeness (QED) is 0.228. The molecule has 5 atom stereocenters. The molecule has 1 aliphatic rings. The molecule has 1 fully saturated rings. The third-order valence-electron chi connectivity index (χ3n) is 3.38. The molecule has 5 N–H and O–H groups in total. The van der Waals surface area contributed by atoms with Crippen molar-refractivity contribution in [3.63, 3.8) is 0 Å². The average Bonchev–Trinajstić information content (AvgIpc) is 2.53. The number of nitro benzene ring substituents is 1. The molecule has 12 nitrogen and oxygen atoms in total. The second-order valence-corrected chi connectivity index (χ2v) is 6.38. The minimum absolute atomic E-state index is 0.269. The molecule has 140 valence electrons. The van der Waals surface area contributed by atoms with Crippen LogP contribution in [-0.4, -0.2) is 67.3 Å². The second-order valence-electron chi connectivity index (χ2n) is 5.14. The van der Waals surface area contributed by atoms with Gasteiger partial charge in [0, 0.05) is 6.07 Å². The van der Waals surface area contributed by atoms with E-state index in [0.717, 1.165) is 6.07 Å². The van der Waals surface area contributed by atoms with Crippen LogP contribution in [0.5, 0.6) is 5.75 Å². The van der Waals surface area contributed by atoms with E-state index in [1.807, 2.05) is 0 Å². The Bertz CT molecular complexity index is 664. The van der Waals surface area contributed by atoms with Gasteiger partial charge in [0.2, 0.25) is 6.29 Å². The highest BCUT2D eigenvalue weighted by Gasteiger charge is 2.46. The zero-order chi connectivity index (χ0) is 18.8. The first kappa shape index (κ1) is 19.7. The van der Waals surface area contributed by atoms with Gasteiger partial charge in [-0.25, -0.2) is 4.57 Å². The highest BCUT2D eigenvalue weighted by atomic mass is 31.2. The normalized spacial score (nSPS) is 30.0. The van der Waals surface area contributed by atoms with Crippen LogP contribution in [0.15, 0.2) is 24.3 Å². The summed E-state index contributed by atoms with van der Waals surface area (Å²) in [6, 6.07) is 5.19. The molecule has 13 heteroatoms. The first-order valence-corrected chi connectivity index (χ1v) is 8.43. The van der Waals surface area contributed by atoms with Gasteiger partial charge >= 0.3 is 13.5 Å². The van der Waals surface area contributed by atoms with Crippen molar-refractivity contribution in [2.24, 2.45) is 0 Å². The summed E-state index contributed by atoms with van der Waals surface area (Å²) in [5, 5.41) is 40.5. The van der Waals surface area contributed by atoms with Gasteiger partial charge in [0.25, 0.3) is 0 Å². The van der Waals surface area contributed by atoms with Crippen molar-refractivity contribution < 1.29 is 48.6 Å². The lowest BCUT2D eigenvalue weighted by Crippen LogP contribution is -2.60. The summed E-state index contributed by atoms with van der Waals surface area (Å²) in [6.07, 6.45) is -8.41. The number of phosphoric acid groups is 1. The third kappa shape index (κ3) is 4.93. The molecule has 25 heavy (non-hydrogen) atoms. The van der Waals surface area contributed by atoms with E-state index in [2.05, 4.69) is 4.52 Å². The topological polar surface area (TPSA) is 189 Å². The lowest BCUT2D eigenvalue weighted by Gasteiger charge is -2.39. The van der Waals surface area contributed by atoms with Gasteiger partial charge in [0.15, 0.2) is 5.75 Å². The molecule has 0 unspecified atom stereocenters. The summed E-state index contributed by atoms with van der Waals surface area (Å²) in [7, 11) is -4.87. The van der Waals surface area contributed by atoms with E-state index in [9.17, 15) is 30.0 Å². The highest BCUT2D eigenvalue weighted by Crippen LogP contribution is 2.37. The number of para-hydroxylation sites is 2. The third-order valence-corrected chi connectivity index (χ3v) is 3.87. The summed E-state index contributed by atoms with van der Waals surface area (Å²) >= 11 is 0. The van der Waals surface area contributed by atoms with Gasteiger partial charge in [-0.15, -0.1) is 0 Å². The molecule has 1 aromatic carbocycles. The van der Waals surface area contributed by atoms with E-state index in [0.29, 0.717) is 0 Å². The van der Waals surface area contributed by atoms with Crippen LogP contribution in [0.1, 0.15) is 0 Å². The molecule has 0 bridgehead atoms. The molecule has 0 spiro atoms. The zero-order valence-electron chi connectivity index (χ0n) is 12.5.